The number of benzene rings is 1. The van der Waals surface area contributed by atoms with Crippen molar-refractivity contribution in [1.29, 1.82) is 0 Å². The van der Waals surface area contributed by atoms with Gasteiger partial charge >= 0.3 is 0 Å². The average Bonchev–Trinajstić information content (AvgIpc) is 2.53. The lowest BCUT2D eigenvalue weighted by molar-refractivity contribution is -0.0557. The van der Waals surface area contributed by atoms with E-state index in [0.29, 0.717) is 6.04 Å². The van der Waals surface area contributed by atoms with Crippen LogP contribution < -0.4 is 4.74 Å². The maximum Gasteiger partial charge on any atom is 0.118 e. The monoisotopic (exact) mass is 279 g/mol. The Hall–Kier alpha value is -1.10. The van der Waals surface area contributed by atoms with E-state index in [-0.39, 0.29) is 6.04 Å². The maximum atomic E-state index is 10.6. The van der Waals surface area contributed by atoms with E-state index in [9.17, 15) is 5.11 Å². The molecule has 1 N–H and O–H groups in total. The molecule has 1 aliphatic heterocycles. The lowest BCUT2D eigenvalue weighted by atomic mass is 9.99. The minimum atomic E-state index is -0.493. The molecule has 3 unspecified atom stereocenters. The number of hydrogen-bond acceptors (Lipinski definition) is 4. The highest BCUT2D eigenvalue weighted by atomic mass is 16.5. The molecular weight excluding hydrogens is 254 g/mol. The first-order chi connectivity index (χ1) is 9.67. The van der Waals surface area contributed by atoms with Crippen LogP contribution in [-0.4, -0.2) is 49.0 Å². The fourth-order valence-corrected chi connectivity index (χ4v) is 2.82. The van der Waals surface area contributed by atoms with Gasteiger partial charge in [-0.2, -0.15) is 0 Å². The first kappa shape index (κ1) is 15.3. The van der Waals surface area contributed by atoms with Crippen molar-refractivity contribution in [3.05, 3.63) is 29.8 Å². The third-order valence-corrected chi connectivity index (χ3v) is 4.18. The molecule has 3 atom stereocenters. The highest BCUT2D eigenvalue weighted by Gasteiger charge is 2.30. The molecule has 1 fully saturated rings. The van der Waals surface area contributed by atoms with Crippen LogP contribution in [0.15, 0.2) is 24.3 Å². The SMILES string of the molecule is CCC1COCCN1C(C)C(O)c1ccc(OC)cc1. The number of hydrogen-bond donors (Lipinski definition) is 1. The van der Waals surface area contributed by atoms with Crippen molar-refractivity contribution < 1.29 is 14.6 Å². The molecule has 1 aromatic rings. The van der Waals surface area contributed by atoms with E-state index in [4.69, 9.17) is 9.47 Å². The van der Waals surface area contributed by atoms with Crippen LogP contribution in [0.25, 0.3) is 0 Å². The molecular formula is C16H25NO3. The van der Waals surface area contributed by atoms with Gasteiger partial charge in [-0.1, -0.05) is 19.1 Å². The summed E-state index contributed by atoms with van der Waals surface area (Å²) in [5, 5.41) is 10.6. The van der Waals surface area contributed by atoms with Gasteiger partial charge in [-0.3, -0.25) is 4.90 Å². The van der Waals surface area contributed by atoms with Crippen molar-refractivity contribution in [3.63, 3.8) is 0 Å². The second kappa shape index (κ2) is 7.07. The number of ether oxygens (including phenoxy) is 2. The van der Waals surface area contributed by atoms with Gasteiger partial charge in [0.05, 0.1) is 26.4 Å². The zero-order valence-corrected chi connectivity index (χ0v) is 12.6. The summed E-state index contributed by atoms with van der Waals surface area (Å²) in [7, 11) is 1.65. The average molecular weight is 279 g/mol. The Kier molecular flexibility index (Phi) is 5.40. The van der Waals surface area contributed by atoms with E-state index in [1.54, 1.807) is 7.11 Å². The van der Waals surface area contributed by atoms with Crippen molar-refractivity contribution >= 4 is 0 Å². The largest absolute Gasteiger partial charge is 0.497 e. The molecule has 0 aliphatic carbocycles. The second-order valence-corrected chi connectivity index (χ2v) is 5.33. The van der Waals surface area contributed by atoms with Crippen LogP contribution >= 0.6 is 0 Å². The van der Waals surface area contributed by atoms with E-state index in [0.717, 1.165) is 37.5 Å². The molecule has 0 saturated carbocycles. The zero-order valence-electron chi connectivity index (χ0n) is 12.6. The number of aliphatic hydroxyl groups excluding tert-OH is 1. The number of rotatable bonds is 5. The first-order valence-electron chi connectivity index (χ1n) is 7.32. The van der Waals surface area contributed by atoms with E-state index in [2.05, 4.69) is 18.7 Å². The van der Waals surface area contributed by atoms with Crippen LogP contribution in [-0.2, 0) is 4.74 Å². The Bertz CT molecular complexity index is 407. The van der Waals surface area contributed by atoms with Gasteiger partial charge in [0, 0.05) is 18.6 Å². The van der Waals surface area contributed by atoms with Gasteiger partial charge in [0.15, 0.2) is 0 Å². The fraction of sp³-hybridized carbons (Fsp3) is 0.625. The zero-order chi connectivity index (χ0) is 14.5. The molecule has 0 amide bonds. The summed E-state index contributed by atoms with van der Waals surface area (Å²) in [4.78, 5) is 2.36. The molecule has 20 heavy (non-hydrogen) atoms. The van der Waals surface area contributed by atoms with Crippen molar-refractivity contribution in [3.8, 4) is 5.75 Å². The summed E-state index contributed by atoms with van der Waals surface area (Å²) in [5.74, 6) is 0.811. The molecule has 2 rings (SSSR count). The number of nitrogens with zero attached hydrogens (tertiary/aromatic N) is 1. The third kappa shape index (κ3) is 3.32. The molecule has 1 saturated heterocycles. The topological polar surface area (TPSA) is 41.9 Å². The smallest absolute Gasteiger partial charge is 0.118 e. The predicted molar refractivity (Wildman–Crippen MR) is 79.0 cm³/mol. The molecule has 1 aliphatic rings. The van der Waals surface area contributed by atoms with Gasteiger partial charge in [0.2, 0.25) is 0 Å². The predicted octanol–water partition coefficient (Wildman–Crippen LogP) is 2.23. The van der Waals surface area contributed by atoms with Crippen molar-refractivity contribution in [1.82, 2.24) is 4.90 Å². The number of aliphatic hydroxyl groups is 1. The Morgan fingerprint density at radius 2 is 2.10 bits per heavy atom. The van der Waals surface area contributed by atoms with Crippen molar-refractivity contribution in [2.75, 3.05) is 26.9 Å². The van der Waals surface area contributed by atoms with Crippen molar-refractivity contribution in [2.24, 2.45) is 0 Å². The van der Waals surface area contributed by atoms with Gasteiger partial charge in [0.25, 0.3) is 0 Å². The summed E-state index contributed by atoms with van der Waals surface area (Å²) in [6.07, 6.45) is 0.549. The van der Waals surface area contributed by atoms with Crippen LogP contribution in [0.3, 0.4) is 0 Å². The van der Waals surface area contributed by atoms with Crippen LogP contribution in [0.5, 0.6) is 5.75 Å². The van der Waals surface area contributed by atoms with Gasteiger partial charge in [0.1, 0.15) is 5.75 Å². The summed E-state index contributed by atoms with van der Waals surface area (Å²) >= 11 is 0. The Morgan fingerprint density at radius 3 is 2.70 bits per heavy atom. The quantitative estimate of drug-likeness (QED) is 0.897. The van der Waals surface area contributed by atoms with Gasteiger partial charge in [-0.25, -0.2) is 0 Å². The Labute approximate surface area is 121 Å². The van der Waals surface area contributed by atoms with E-state index in [1.807, 2.05) is 24.3 Å². The van der Waals surface area contributed by atoms with Crippen LogP contribution in [0.4, 0.5) is 0 Å². The van der Waals surface area contributed by atoms with Crippen molar-refractivity contribution in [2.45, 2.75) is 38.5 Å². The molecule has 112 valence electrons. The summed E-state index contributed by atoms with van der Waals surface area (Å²) < 4.78 is 10.7. The standard InChI is InChI=1S/C16H25NO3/c1-4-14-11-20-10-9-17(14)12(2)16(18)13-5-7-15(19-3)8-6-13/h5-8,12,14,16,18H,4,9-11H2,1-3H3. The minimum Gasteiger partial charge on any atom is -0.497 e. The number of methoxy groups -OCH3 is 1. The highest BCUT2D eigenvalue weighted by molar-refractivity contribution is 5.29. The molecule has 4 heteroatoms. The summed E-state index contributed by atoms with van der Waals surface area (Å²) in [5.41, 5.74) is 0.930. The first-order valence-corrected chi connectivity index (χ1v) is 7.32. The van der Waals surface area contributed by atoms with E-state index in [1.165, 1.54) is 0 Å². The lowest BCUT2D eigenvalue weighted by Gasteiger charge is -2.41. The minimum absolute atomic E-state index is 0.0808. The van der Waals surface area contributed by atoms with Crippen LogP contribution in [0.2, 0.25) is 0 Å². The van der Waals surface area contributed by atoms with Crippen LogP contribution in [0, 0.1) is 0 Å². The second-order valence-electron chi connectivity index (χ2n) is 5.33. The molecule has 0 spiro atoms. The Morgan fingerprint density at radius 1 is 1.40 bits per heavy atom. The normalized spacial score (nSPS) is 23.3. The molecule has 4 nitrogen and oxygen atoms in total. The molecule has 1 aromatic carbocycles. The lowest BCUT2D eigenvalue weighted by Crippen LogP contribution is -2.51. The summed E-state index contributed by atoms with van der Waals surface area (Å²) in [6, 6.07) is 8.12. The molecule has 0 aromatic heterocycles. The number of morpholine rings is 1. The fourth-order valence-electron chi connectivity index (χ4n) is 2.82. The van der Waals surface area contributed by atoms with Gasteiger partial charge in [-0.05, 0) is 31.0 Å². The Balaban J connectivity index is 2.07. The highest BCUT2D eigenvalue weighted by Crippen LogP contribution is 2.26. The van der Waals surface area contributed by atoms with Gasteiger partial charge in [-0.15, -0.1) is 0 Å². The van der Waals surface area contributed by atoms with Crippen LogP contribution in [0.1, 0.15) is 31.9 Å². The van der Waals surface area contributed by atoms with Gasteiger partial charge < -0.3 is 14.6 Å². The van der Waals surface area contributed by atoms with E-state index < -0.39 is 6.10 Å². The molecule has 1 heterocycles. The van der Waals surface area contributed by atoms with E-state index >= 15 is 0 Å². The molecule has 0 radical (unpaired) electrons. The molecule has 0 bridgehead atoms. The maximum absolute atomic E-state index is 10.6. The summed E-state index contributed by atoms with van der Waals surface area (Å²) in [6.45, 7) is 6.64. The third-order valence-electron chi connectivity index (χ3n) is 4.18.